The van der Waals surface area contributed by atoms with Crippen LogP contribution in [0.4, 0.5) is 15.8 Å². The lowest BCUT2D eigenvalue weighted by Gasteiger charge is -2.43. The van der Waals surface area contributed by atoms with Crippen LogP contribution in [0.25, 0.3) is 0 Å². The third kappa shape index (κ3) is 5.40. The Morgan fingerprint density at radius 1 is 1.05 bits per heavy atom. The highest BCUT2D eigenvalue weighted by molar-refractivity contribution is 7.92. The molecule has 0 aromatic heterocycles. The van der Waals surface area contributed by atoms with Crippen LogP contribution in [-0.4, -0.2) is 54.3 Å². The quantitative estimate of drug-likeness (QED) is 0.305. The van der Waals surface area contributed by atoms with Gasteiger partial charge in [0, 0.05) is 47.2 Å². The van der Waals surface area contributed by atoms with E-state index in [0.29, 0.717) is 34.6 Å². The maximum absolute atomic E-state index is 14.1. The molecule has 8 nitrogen and oxygen atoms in total. The number of anilines is 2. The van der Waals surface area contributed by atoms with E-state index in [1.807, 2.05) is 18.2 Å². The largest absolute Gasteiger partial charge is 0.494 e. The zero-order valence-electron chi connectivity index (χ0n) is 21.8. The van der Waals surface area contributed by atoms with Gasteiger partial charge in [0.2, 0.25) is 0 Å². The Bertz CT molecular complexity index is 1530. The Morgan fingerprint density at radius 3 is 2.45 bits per heavy atom. The number of rotatable bonds is 8. The molecular weight excluding hydrogens is 582 g/mol. The molecule has 0 amide bonds. The number of methoxy groups -OCH3 is 2. The van der Waals surface area contributed by atoms with Crippen molar-refractivity contribution in [2.45, 2.75) is 29.8 Å². The first kappa shape index (κ1) is 28.3. The zero-order chi connectivity index (χ0) is 28.6. The molecule has 12 heteroatoms. The number of nitrogens with zero attached hydrogens (tertiary/aromatic N) is 2. The smallest absolute Gasteiger partial charge is 0.305 e. The highest BCUT2D eigenvalue weighted by Gasteiger charge is 2.37. The molecule has 1 saturated heterocycles. The number of halogens is 3. The molecule has 0 unspecified atom stereocenters. The fourth-order valence-electron chi connectivity index (χ4n) is 4.96. The Balaban J connectivity index is 1.46. The summed E-state index contributed by atoms with van der Waals surface area (Å²) in [5.74, 6) is -0.798. The molecule has 3 aromatic carbocycles. The van der Waals surface area contributed by atoms with Crippen molar-refractivity contribution in [1.29, 1.82) is 0 Å². The molecule has 0 N–H and O–H groups in total. The second-order valence-corrected chi connectivity index (χ2v) is 12.3. The molecule has 0 radical (unpaired) electrons. The lowest BCUT2D eigenvalue weighted by Crippen LogP contribution is -2.46. The summed E-state index contributed by atoms with van der Waals surface area (Å²) in [5, 5.41) is 1.22. The predicted molar refractivity (Wildman–Crippen MR) is 151 cm³/mol. The van der Waals surface area contributed by atoms with Gasteiger partial charge in [-0.2, -0.15) is 0 Å². The number of benzene rings is 3. The number of sulfonamides is 1. The molecule has 0 bridgehead atoms. The topological polar surface area (TPSA) is 85.4 Å². The molecule has 1 atom stereocenters. The zero-order valence-corrected chi connectivity index (χ0v) is 24.1. The van der Waals surface area contributed by atoms with Crippen LogP contribution in [-0.2, 0) is 19.6 Å². The van der Waals surface area contributed by atoms with Crippen LogP contribution >= 0.6 is 23.2 Å². The second kappa shape index (κ2) is 11.3. The number of esters is 1. The van der Waals surface area contributed by atoms with E-state index in [-0.39, 0.29) is 35.9 Å². The Morgan fingerprint density at radius 2 is 1.77 bits per heavy atom. The van der Waals surface area contributed by atoms with Crippen molar-refractivity contribution < 1.29 is 31.8 Å². The molecule has 0 aliphatic carbocycles. The fourth-order valence-corrected chi connectivity index (χ4v) is 7.18. The maximum atomic E-state index is 14.1. The fraction of sp³-hybridized carbons (Fsp3) is 0.321. The van der Waals surface area contributed by atoms with Crippen molar-refractivity contribution in [1.82, 2.24) is 0 Å². The van der Waals surface area contributed by atoms with Gasteiger partial charge in [-0.15, -0.1) is 0 Å². The number of hydrogen-bond donors (Lipinski definition) is 0. The van der Waals surface area contributed by atoms with Crippen LogP contribution in [0, 0.1) is 5.82 Å². The van der Waals surface area contributed by atoms with Gasteiger partial charge in [-0.05, 0) is 54.4 Å². The van der Waals surface area contributed by atoms with Crippen molar-refractivity contribution in [3.8, 4) is 11.5 Å². The number of carbonyl (C=O) groups is 1. The van der Waals surface area contributed by atoms with Crippen molar-refractivity contribution in [2.24, 2.45) is 0 Å². The summed E-state index contributed by atoms with van der Waals surface area (Å²) in [6.07, 6.45) is -0.295. The van der Waals surface area contributed by atoms with Crippen molar-refractivity contribution >= 4 is 50.6 Å². The minimum atomic E-state index is -4.16. The van der Waals surface area contributed by atoms with Crippen LogP contribution < -0.4 is 18.7 Å². The Hall–Kier alpha value is -3.21. The normalized spacial score (nSPS) is 17.1. The average Bonchev–Trinajstić information content (AvgIpc) is 2.92. The Labute approximate surface area is 242 Å². The summed E-state index contributed by atoms with van der Waals surface area (Å²) in [4.78, 5) is 13.7. The van der Waals surface area contributed by atoms with E-state index in [1.54, 1.807) is 18.2 Å². The number of fused-ring (bicyclic) bond motifs is 1. The number of ether oxygens (including phenoxy) is 3. The molecule has 2 aliphatic heterocycles. The molecular formula is C28H27Cl2FN2O6S. The van der Waals surface area contributed by atoms with Gasteiger partial charge in [0.15, 0.2) is 11.6 Å². The summed E-state index contributed by atoms with van der Waals surface area (Å²) < 4.78 is 59.0. The van der Waals surface area contributed by atoms with Crippen molar-refractivity contribution in [3.63, 3.8) is 0 Å². The van der Waals surface area contributed by atoms with E-state index in [4.69, 9.17) is 37.4 Å². The Kier molecular flexibility index (Phi) is 8.03. The van der Waals surface area contributed by atoms with E-state index in [0.717, 1.165) is 23.4 Å². The SMILES string of the molecule is COC(=O)CC[C@H]1CN(S(=O)(=O)c2ccc(F)c(OC)c2)c2cc(N3CC(c4c(Cl)cccc4Cl)C3)ccc2O1. The van der Waals surface area contributed by atoms with Crippen molar-refractivity contribution in [2.75, 3.05) is 43.1 Å². The van der Waals surface area contributed by atoms with E-state index in [9.17, 15) is 17.6 Å². The molecule has 2 aliphatic rings. The van der Waals surface area contributed by atoms with E-state index in [2.05, 4.69) is 4.90 Å². The molecule has 40 heavy (non-hydrogen) atoms. The van der Waals surface area contributed by atoms with Gasteiger partial charge >= 0.3 is 5.97 Å². The standard InChI is InChI=1S/C28H27Cl2FN2O6S/c1-37-26-13-20(8-9-23(26)31)40(35,36)33-16-19(7-11-27(34)38-2)39-25-10-6-18(12-24(25)33)32-14-17(15-32)28-21(29)4-3-5-22(28)30/h3-6,8-10,12-13,17,19H,7,11,14-16H2,1-2H3/t19-/m0/s1. The third-order valence-electron chi connectivity index (χ3n) is 7.14. The van der Waals surface area contributed by atoms with Crippen LogP contribution in [0.3, 0.4) is 0 Å². The van der Waals surface area contributed by atoms with E-state index < -0.39 is 27.9 Å². The van der Waals surface area contributed by atoms with Gasteiger partial charge in [-0.25, -0.2) is 12.8 Å². The summed E-state index contributed by atoms with van der Waals surface area (Å²) in [6.45, 7) is 1.24. The van der Waals surface area contributed by atoms with Gasteiger partial charge in [0.1, 0.15) is 11.9 Å². The molecule has 2 heterocycles. The van der Waals surface area contributed by atoms with Crippen LogP contribution in [0.15, 0.2) is 59.5 Å². The number of hydrogen-bond acceptors (Lipinski definition) is 7. The van der Waals surface area contributed by atoms with Crippen LogP contribution in [0.2, 0.25) is 10.0 Å². The van der Waals surface area contributed by atoms with Gasteiger partial charge in [0.25, 0.3) is 10.0 Å². The molecule has 0 spiro atoms. The van der Waals surface area contributed by atoms with E-state index in [1.165, 1.54) is 24.6 Å². The highest BCUT2D eigenvalue weighted by atomic mass is 35.5. The van der Waals surface area contributed by atoms with Gasteiger partial charge in [-0.1, -0.05) is 29.3 Å². The molecule has 5 rings (SSSR count). The van der Waals surface area contributed by atoms with Crippen LogP contribution in [0.1, 0.15) is 24.3 Å². The third-order valence-corrected chi connectivity index (χ3v) is 9.57. The minimum absolute atomic E-state index is 0.0483. The first-order chi connectivity index (χ1) is 19.1. The lowest BCUT2D eigenvalue weighted by atomic mass is 9.90. The number of carbonyl (C=O) groups excluding carboxylic acids is 1. The monoisotopic (exact) mass is 608 g/mol. The average molecular weight is 610 g/mol. The first-order valence-corrected chi connectivity index (χ1v) is 14.7. The minimum Gasteiger partial charge on any atom is -0.494 e. The molecule has 0 saturated carbocycles. The second-order valence-electron chi connectivity index (χ2n) is 9.58. The van der Waals surface area contributed by atoms with E-state index >= 15 is 0 Å². The van der Waals surface area contributed by atoms with Crippen molar-refractivity contribution in [3.05, 3.63) is 76.0 Å². The lowest BCUT2D eigenvalue weighted by molar-refractivity contribution is -0.141. The molecule has 1 fully saturated rings. The summed E-state index contributed by atoms with van der Waals surface area (Å²) in [5.41, 5.74) is 2.03. The summed E-state index contributed by atoms with van der Waals surface area (Å²) in [7, 11) is -1.60. The maximum Gasteiger partial charge on any atom is 0.305 e. The summed E-state index contributed by atoms with van der Waals surface area (Å²) >= 11 is 12.8. The van der Waals surface area contributed by atoms with Crippen LogP contribution in [0.5, 0.6) is 11.5 Å². The first-order valence-electron chi connectivity index (χ1n) is 12.5. The summed E-state index contributed by atoms with van der Waals surface area (Å²) in [6, 6.07) is 14.2. The van der Waals surface area contributed by atoms with Gasteiger partial charge in [0.05, 0.1) is 31.3 Å². The van der Waals surface area contributed by atoms with Gasteiger partial charge in [-0.3, -0.25) is 9.10 Å². The molecule has 212 valence electrons. The highest BCUT2D eigenvalue weighted by Crippen LogP contribution is 2.44. The molecule has 3 aromatic rings. The predicted octanol–water partition coefficient (Wildman–Crippen LogP) is 5.65. The van der Waals surface area contributed by atoms with Gasteiger partial charge < -0.3 is 19.1 Å².